The number of rotatable bonds is 2. The highest BCUT2D eigenvalue weighted by atomic mass is 79.9. The van der Waals surface area contributed by atoms with Gasteiger partial charge >= 0.3 is 0 Å². The fourth-order valence-electron chi connectivity index (χ4n) is 1.32. The van der Waals surface area contributed by atoms with Gasteiger partial charge < -0.3 is 0 Å². The molecule has 2 rings (SSSR count). The van der Waals surface area contributed by atoms with E-state index >= 15 is 0 Å². The highest BCUT2D eigenvalue weighted by molar-refractivity contribution is 9.10. The summed E-state index contributed by atoms with van der Waals surface area (Å²) in [7, 11) is 0. The molecule has 4 heteroatoms. The lowest BCUT2D eigenvalue weighted by Crippen LogP contribution is -2.14. The summed E-state index contributed by atoms with van der Waals surface area (Å²) >= 11 is 5.05. The standard InChI is InChI=1S/C12H10BrNOS/c1-8(15)11-7-16-12(6-14-11)9-2-4-10(13)5-3-9/h2-6H,7H2,1H3. The Bertz CT molecular complexity index is 476. The van der Waals surface area contributed by atoms with E-state index in [1.54, 1.807) is 24.9 Å². The van der Waals surface area contributed by atoms with Gasteiger partial charge in [-0.1, -0.05) is 28.1 Å². The van der Waals surface area contributed by atoms with Crippen molar-refractivity contribution in [1.82, 2.24) is 0 Å². The largest absolute Gasteiger partial charge is 0.293 e. The van der Waals surface area contributed by atoms with E-state index in [1.807, 2.05) is 24.3 Å². The van der Waals surface area contributed by atoms with Crippen LogP contribution in [-0.2, 0) is 4.79 Å². The van der Waals surface area contributed by atoms with Crippen LogP contribution in [0.4, 0.5) is 0 Å². The van der Waals surface area contributed by atoms with Crippen molar-refractivity contribution in [3.8, 4) is 0 Å². The predicted octanol–water partition coefficient (Wildman–Crippen LogP) is 3.52. The third-order valence-electron chi connectivity index (χ3n) is 2.24. The average Bonchev–Trinajstić information content (AvgIpc) is 2.30. The lowest BCUT2D eigenvalue weighted by Gasteiger charge is -2.11. The zero-order valence-corrected chi connectivity index (χ0v) is 11.1. The number of nitrogens with zero attached hydrogens (tertiary/aromatic N) is 1. The summed E-state index contributed by atoms with van der Waals surface area (Å²) in [6.45, 7) is 1.55. The van der Waals surface area contributed by atoms with Crippen molar-refractivity contribution in [3.63, 3.8) is 0 Å². The molecule has 82 valence electrons. The zero-order chi connectivity index (χ0) is 11.5. The number of carbonyl (C=O) groups is 1. The lowest BCUT2D eigenvalue weighted by atomic mass is 10.2. The number of carbonyl (C=O) groups excluding carboxylic acids is 1. The molecule has 0 saturated carbocycles. The second-order valence-corrected chi connectivity index (χ2v) is 5.35. The highest BCUT2D eigenvalue weighted by Gasteiger charge is 2.13. The Morgan fingerprint density at radius 3 is 2.56 bits per heavy atom. The Morgan fingerprint density at radius 1 is 1.38 bits per heavy atom. The van der Waals surface area contributed by atoms with Gasteiger partial charge in [-0.3, -0.25) is 9.79 Å². The Morgan fingerprint density at radius 2 is 2.06 bits per heavy atom. The van der Waals surface area contributed by atoms with Crippen LogP contribution >= 0.6 is 27.7 Å². The number of Topliss-reactive ketones (excluding diaryl/α,β-unsaturated/α-hetero) is 1. The van der Waals surface area contributed by atoms with Crippen molar-refractivity contribution in [2.45, 2.75) is 6.92 Å². The number of hydrogen-bond acceptors (Lipinski definition) is 3. The number of benzene rings is 1. The molecule has 0 N–H and O–H groups in total. The summed E-state index contributed by atoms with van der Waals surface area (Å²) in [5, 5.41) is 0. The van der Waals surface area contributed by atoms with E-state index in [1.165, 1.54) is 0 Å². The van der Waals surface area contributed by atoms with Gasteiger partial charge in [0, 0.05) is 28.3 Å². The fourth-order valence-corrected chi connectivity index (χ4v) is 2.59. The molecular formula is C12H10BrNOS. The summed E-state index contributed by atoms with van der Waals surface area (Å²) in [4.78, 5) is 16.4. The van der Waals surface area contributed by atoms with Gasteiger partial charge in [0.05, 0.1) is 5.71 Å². The molecule has 1 aromatic rings. The number of thioether (sulfide) groups is 1. The van der Waals surface area contributed by atoms with Gasteiger partial charge in [0.2, 0.25) is 0 Å². The molecular weight excluding hydrogens is 286 g/mol. The number of ketones is 1. The monoisotopic (exact) mass is 295 g/mol. The number of halogens is 1. The molecule has 0 unspecified atom stereocenters. The lowest BCUT2D eigenvalue weighted by molar-refractivity contribution is -0.111. The van der Waals surface area contributed by atoms with Crippen LogP contribution in [0.5, 0.6) is 0 Å². The second kappa shape index (κ2) is 4.97. The molecule has 0 saturated heterocycles. The van der Waals surface area contributed by atoms with Crippen LogP contribution in [0.2, 0.25) is 0 Å². The first kappa shape index (κ1) is 11.6. The summed E-state index contributed by atoms with van der Waals surface area (Å²) in [6, 6.07) is 8.08. The first-order valence-electron chi connectivity index (χ1n) is 4.83. The van der Waals surface area contributed by atoms with E-state index in [4.69, 9.17) is 0 Å². The Balaban J connectivity index is 2.24. The first-order chi connectivity index (χ1) is 7.66. The molecule has 0 fully saturated rings. The third kappa shape index (κ3) is 2.62. The van der Waals surface area contributed by atoms with E-state index in [-0.39, 0.29) is 5.78 Å². The zero-order valence-electron chi connectivity index (χ0n) is 8.74. The quantitative estimate of drug-likeness (QED) is 0.835. The maximum Gasteiger partial charge on any atom is 0.174 e. The van der Waals surface area contributed by atoms with E-state index in [0.717, 1.165) is 14.9 Å². The molecule has 1 aromatic carbocycles. The van der Waals surface area contributed by atoms with Crippen molar-refractivity contribution in [2.75, 3.05) is 5.75 Å². The maximum absolute atomic E-state index is 11.1. The van der Waals surface area contributed by atoms with Gasteiger partial charge in [-0.15, -0.1) is 11.8 Å². The minimum atomic E-state index is 0.0543. The van der Waals surface area contributed by atoms with Gasteiger partial charge in [0.25, 0.3) is 0 Å². The molecule has 0 bridgehead atoms. The van der Waals surface area contributed by atoms with Crippen LogP contribution in [0.25, 0.3) is 4.91 Å². The van der Waals surface area contributed by atoms with Crippen LogP contribution in [0.3, 0.4) is 0 Å². The Kier molecular flexibility index (Phi) is 3.61. The van der Waals surface area contributed by atoms with Crippen LogP contribution in [0.1, 0.15) is 12.5 Å². The molecule has 2 nitrogen and oxygen atoms in total. The first-order valence-corrected chi connectivity index (χ1v) is 6.61. The van der Waals surface area contributed by atoms with Crippen LogP contribution < -0.4 is 0 Å². The van der Waals surface area contributed by atoms with Gasteiger partial charge in [-0.2, -0.15) is 0 Å². The topological polar surface area (TPSA) is 29.4 Å². The van der Waals surface area contributed by atoms with Gasteiger partial charge in [0.15, 0.2) is 5.78 Å². The molecule has 0 aliphatic carbocycles. The number of aliphatic imine (C=N–C) groups is 1. The van der Waals surface area contributed by atoms with Crippen molar-refractivity contribution >= 4 is 44.1 Å². The molecule has 0 spiro atoms. The predicted molar refractivity (Wildman–Crippen MR) is 72.7 cm³/mol. The summed E-state index contributed by atoms with van der Waals surface area (Å²) < 4.78 is 1.06. The smallest absolute Gasteiger partial charge is 0.174 e. The molecule has 1 aliphatic rings. The second-order valence-electron chi connectivity index (χ2n) is 3.42. The molecule has 0 atom stereocenters. The Hall–Kier alpha value is -0.870. The third-order valence-corrected chi connectivity index (χ3v) is 3.84. The van der Waals surface area contributed by atoms with E-state index in [0.29, 0.717) is 11.5 Å². The molecule has 0 aromatic heterocycles. The van der Waals surface area contributed by atoms with E-state index < -0.39 is 0 Å². The van der Waals surface area contributed by atoms with Gasteiger partial charge in [0.1, 0.15) is 0 Å². The SMILES string of the molecule is CC(=O)C1=NC=C(c2ccc(Br)cc2)SC1. The van der Waals surface area contributed by atoms with Crippen molar-refractivity contribution in [2.24, 2.45) is 4.99 Å². The Labute approximate surface area is 107 Å². The molecule has 16 heavy (non-hydrogen) atoms. The van der Waals surface area contributed by atoms with Crippen molar-refractivity contribution < 1.29 is 4.79 Å². The summed E-state index contributed by atoms with van der Waals surface area (Å²) in [5.74, 6) is 0.718. The minimum absolute atomic E-state index is 0.0543. The molecule has 0 amide bonds. The van der Waals surface area contributed by atoms with Crippen molar-refractivity contribution in [3.05, 3.63) is 40.5 Å². The normalized spacial score (nSPS) is 15.4. The van der Waals surface area contributed by atoms with Gasteiger partial charge in [-0.05, 0) is 17.7 Å². The molecule has 0 radical (unpaired) electrons. The number of hydrogen-bond donors (Lipinski definition) is 0. The molecule has 1 heterocycles. The molecule has 1 aliphatic heterocycles. The van der Waals surface area contributed by atoms with E-state index in [9.17, 15) is 4.79 Å². The average molecular weight is 296 g/mol. The highest BCUT2D eigenvalue weighted by Crippen LogP contribution is 2.31. The summed E-state index contributed by atoms with van der Waals surface area (Å²) in [6.07, 6.45) is 1.77. The van der Waals surface area contributed by atoms with Crippen LogP contribution in [-0.4, -0.2) is 17.2 Å². The van der Waals surface area contributed by atoms with Crippen molar-refractivity contribution in [1.29, 1.82) is 0 Å². The van der Waals surface area contributed by atoms with E-state index in [2.05, 4.69) is 20.9 Å². The van der Waals surface area contributed by atoms with Gasteiger partial charge in [-0.25, -0.2) is 0 Å². The van der Waals surface area contributed by atoms with Crippen LogP contribution in [0.15, 0.2) is 39.9 Å². The maximum atomic E-state index is 11.1. The summed E-state index contributed by atoms with van der Waals surface area (Å²) in [5.41, 5.74) is 1.78. The minimum Gasteiger partial charge on any atom is -0.293 e. The van der Waals surface area contributed by atoms with Crippen LogP contribution in [0, 0.1) is 0 Å². The fraction of sp³-hybridized carbons (Fsp3) is 0.167.